The molecule has 32 heavy (non-hydrogen) atoms. The quantitative estimate of drug-likeness (QED) is 0.663. The predicted molar refractivity (Wildman–Crippen MR) is 119 cm³/mol. The molecule has 1 unspecified atom stereocenters. The van der Waals surface area contributed by atoms with Crippen LogP contribution in [-0.2, 0) is 22.7 Å². The van der Waals surface area contributed by atoms with E-state index in [0.29, 0.717) is 40.8 Å². The first-order valence-corrected chi connectivity index (χ1v) is 10.7. The molecule has 2 aromatic rings. The molecule has 8 nitrogen and oxygen atoms in total. The Kier molecular flexibility index (Phi) is 6.19. The maximum absolute atomic E-state index is 13.1. The van der Waals surface area contributed by atoms with Gasteiger partial charge in [-0.3, -0.25) is 29.5 Å². The maximum atomic E-state index is 13.1. The van der Waals surface area contributed by atoms with E-state index in [1.165, 1.54) is 25.2 Å². The summed E-state index contributed by atoms with van der Waals surface area (Å²) in [6.07, 6.45) is 0.720. The molecule has 10 heteroatoms. The highest BCUT2D eigenvalue weighted by atomic mass is 35.5. The van der Waals surface area contributed by atoms with Gasteiger partial charge >= 0.3 is 6.03 Å². The summed E-state index contributed by atoms with van der Waals surface area (Å²) in [7, 11) is 1.39. The summed E-state index contributed by atoms with van der Waals surface area (Å²) in [5.41, 5.74) is 2.44. The molecule has 0 aromatic heterocycles. The van der Waals surface area contributed by atoms with E-state index in [-0.39, 0.29) is 18.2 Å². The Bertz CT molecular complexity index is 1120. The van der Waals surface area contributed by atoms with Gasteiger partial charge in [-0.25, -0.2) is 4.79 Å². The Hall–Kier alpha value is -2.94. The summed E-state index contributed by atoms with van der Waals surface area (Å²) in [5, 5.41) is 5.70. The number of carbonyl (C=O) groups is 4. The average molecular weight is 475 g/mol. The second-order valence-corrected chi connectivity index (χ2v) is 8.64. The first-order chi connectivity index (χ1) is 15.2. The van der Waals surface area contributed by atoms with Crippen molar-refractivity contribution in [3.05, 3.63) is 63.1 Å². The van der Waals surface area contributed by atoms with E-state index < -0.39 is 18.0 Å². The van der Waals surface area contributed by atoms with Crippen LogP contribution in [0.2, 0.25) is 10.0 Å². The Morgan fingerprint density at radius 1 is 1.12 bits per heavy atom. The number of hydrogen-bond donors (Lipinski definition) is 2. The van der Waals surface area contributed by atoms with Gasteiger partial charge in [-0.05, 0) is 41.8 Å². The topological polar surface area (TPSA) is 98.8 Å². The van der Waals surface area contributed by atoms with Crippen molar-refractivity contribution in [2.24, 2.45) is 0 Å². The summed E-state index contributed by atoms with van der Waals surface area (Å²) in [5.74, 6) is -1.07. The van der Waals surface area contributed by atoms with Crippen LogP contribution in [0.5, 0.6) is 0 Å². The van der Waals surface area contributed by atoms with Gasteiger partial charge in [0.1, 0.15) is 0 Å². The second kappa shape index (κ2) is 8.90. The summed E-state index contributed by atoms with van der Waals surface area (Å²) >= 11 is 11.9. The number of halogens is 2. The third kappa shape index (κ3) is 4.48. The molecule has 1 saturated heterocycles. The molecule has 0 bridgehead atoms. The van der Waals surface area contributed by atoms with Crippen LogP contribution >= 0.6 is 23.2 Å². The van der Waals surface area contributed by atoms with Gasteiger partial charge in [0, 0.05) is 47.9 Å². The monoisotopic (exact) mass is 474 g/mol. The lowest BCUT2D eigenvalue weighted by Crippen LogP contribution is -2.50. The minimum Gasteiger partial charge on any atom is -0.307 e. The van der Waals surface area contributed by atoms with Crippen LogP contribution < -0.4 is 10.6 Å². The molecule has 0 radical (unpaired) electrons. The number of hydrogen-bond acceptors (Lipinski definition) is 5. The van der Waals surface area contributed by atoms with Gasteiger partial charge in [-0.15, -0.1) is 0 Å². The van der Waals surface area contributed by atoms with Crippen molar-refractivity contribution in [1.82, 2.24) is 15.1 Å². The molecule has 5 amide bonds. The number of anilines is 1. The second-order valence-electron chi connectivity index (χ2n) is 7.77. The molecule has 2 aliphatic heterocycles. The number of urea groups is 1. The number of amides is 5. The summed E-state index contributed by atoms with van der Waals surface area (Å²) < 4.78 is 0. The Morgan fingerprint density at radius 3 is 2.53 bits per heavy atom. The van der Waals surface area contributed by atoms with Crippen LogP contribution in [-0.4, -0.2) is 46.6 Å². The predicted octanol–water partition coefficient (Wildman–Crippen LogP) is 3.42. The number of benzene rings is 2. The fourth-order valence-corrected chi connectivity index (χ4v) is 4.53. The van der Waals surface area contributed by atoms with Crippen molar-refractivity contribution in [2.45, 2.75) is 32.0 Å². The number of piperidine rings is 1. The average Bonchev–Trinajstić information content (AvgIpc) is 3.15. The van der Waals surface area contributed by atoms with Gasteiger partial charge in [0.2, 0.25) is 11.8 Å². The number of rotatable bonds is 3. The highest BCUT2D eigenvalue weighted by Crippen LogP contribution is 2.30. The third-order valence-electron chi connectivity index (χ3n) is 5.61. The molecular weight excluding hydrogens is 455 g/mol. The lowest BCUT2D eigenvalue weighted by Gasteiger charge is -2.29. The minimum atomic E-state index is -0.633. The van der Waals surface area contributed by atoms with E-state index in [4.69, 9.17) is 23.2 Å². The lowest BCUT2D eigenvalue weighted by molar-refractivity contribution is -0.137. The van der Waals surface area contributed by atoms with E-state index in [9.17, 15) is 19.2 Å². The molecule has 0 spiro atoms. The third-order valence-corrected chi connectivity index (χ3v) is 6.05. The molecule has 1 fully saturated rings. The molecule has 166 valence electrons. The van der Waals surface area contributed by atoms with E-state index in [2.05, 4.69) is 10.6 Å². The van der Waals surface area contributed by atoms with Crippen molar-refractivity contribution in [2.75, 3.05) is 12.4 Å². The number of carbonyl (C=O) groups excluding carboxylic acids is 4. The lowest BCUT2D eigenvalue weighted by atomic mass is 10.0. The van der Waals surface area contributed by atoms with Crippen molar-refractivity contribution in [3.63, 3.8) is 0 Å². The number of imide groups is 2. The smallest absolute Gasteiger partial charge is 0.307 e. The first-order valence-electron chi connectivity index (χ1n) is 9.96. The number of nitrogens with zero attached hydrogens (tertiary/aromatic N) is 2. The minimum absolute atomic E-state index is 0.271. The number of fused-ring (bicyclic) bond motifs is 1. The van der Waals surface area contributed by atoms with Crippen LogP contribution in [0.25, 0.3) is 0 Å². The van der Waals surface area contributed by atoms with Crippen molar-refractivity contribution in [3.8, 4) is 0 Å². The van der Waals surface area contributed by atoms with E-state index in [1.807, 2.05) is 11.0 Å². The van der Waals surface area contributed by atoms with Gasteiger partial charge in [0.15, 0.2) is 0 Å². The van der Waals surface area contributed by atoms with Gasteiger partial charge in [-0.2, -0.15) is 0 Å². The van der Waals surface area contributed by atoms with Crippen molar-refractivity contribution in [1.29, 1.82) is 0 Å². The molecule has 2 N–H and O–H groups in total. The van der Waals surface area contributed by atoms with E-state index >= 15 is 0 Å². The molecule has 0 saturated carbocycles. The molecule has 2 aliphatic rings. The molecule has 4 rings (SSSR count). The Morgan fingerprint density at radius 2 is 1.84 bits per heavy atom. The van der Waals surface area contributed by atoms with Crippen LogP contribution in [0.1, 0.15) is 34.3 Å². The largest absolute Gasteiger partial charge is 0.328 e. The van der Waals surface area contributed by atoms with Crippen molar-refractivity contribution >= 4 is 52.6 Å². The van der Waals surface area contributed by atoms with Gasteiger partial charge in [-0.1, -0.05) is 35.3 Å². The zero-order valence-corrected chi connectivity index (χ0v) is 18.7. The molecule has 2 heterocycles. The van der Waals surface area contributed by atoms with Crippen molar-refractivity contribution < 1.29 is 19.2 Å². The highest BCUT2D eigenvalue weighted by molar-refractivity contribution is 6.35. The van der Waals surface area contributed by atoms with E-state index in [1.54, 1.807) is 12.1 Å². The first kappa shape index (κ1) is 22.3. The highest BCUT2D eigenvalue weighted by Gasteiger charge is 2.36. The summed E-state index contributed by atoms with van der Waals surface area (Å²) in [6, 6.07) is 8.84. The van der Waals surface area contributed by atoms with Gasteiger partial charge < -0.3 is 5.32 Å². The Labute approximate surface area is 194 Å². The van der Waals surface area contributed by atoms with E-state index in [0.717, 1.165) is 16.0 Å². The fourth-order valence-electron chi connectivity index (χ4n) is 4.00. The molecule has 0 aliphatic carbocycles. The van der Waals surface area contributed by atoms with Gasteiger partial charge in [0.05, 0.1) is 6.04 Å². The maximum Gasteiger partial charge on any atom is 0.328 e. The molecule has 2 aromatic carbocycles. The molecule has 1 atom stereocenters. The Balaban J connectivity index is 1.50. The fraction of sp³-hybridized carbons (Fsp3) is 0.273. The van der Waals surface area contributed by atoms with Gasteiger partial charge in [0.25, 0.3) is 5.91 Å². The molecular formula is C22H20Cl2N4O4. The zero-order chi connectivity index (χ0) is 23.0. The van der Waals surface area contributed by atoms with Crippen LogP contribution in [0, 0.1) is 0 Å². The standard InChI is InChI=1S/C22H20Cl2N4O4/c1-27(22(32)25-15-8-13(23)7-14(24)9-15)21(31)16-4-2-3-12-10-28(11-17(12)16)18-5-6-19(29)26-20(18)30/h2-4,7-9,18H,5-6,10-11H2,1H3,(H,25,32)(H,26,29,30). The number of nitrogens with one attached hydrogen (secondary N) is 2. The SMILES string of the molecule is CN(C(=O)Nc1cc(Cl)cc(Cl)c1)C(=O)c1cccc2c1CN(C1CCC(=O)NC1=O)C2. The van der Waals surface area contributed by atoms with Crippen LogP contribution in [0.3, 0.4) is 0 Å². The zero-order valence-electron chi connectivity index (χ0n) is 17.2. The van der Waals surface area contributed by atoms with Crippen LogP contribution in [0.4, 0.5) is 10.5 Å². The normalized spacial score (nSPS) is 18.2. The van der Waals surface area contributed by atoms with Crippen LogP contribution in [0.15, 0.2) is 36.4 Å². The summed E-state index contributed by atoms with van der Waals surface area (Å²) in [4.78, 5) is 52.4. The summed E-state index contributed by atoms with van der Waals surface area (Å²) in [6.45, 7) is 0.864.